The number of hydrogen-bond donors (Lipinski definition) is 1. The van der Waals surface area contributed by atoms with Crippen molar-refractivity contribution in [2.45, 2.75) is 6.54 Å². The number of nitrogens with two attached hydrogens (primary N) is 1. The maximum absolute atomic E-state index is 5.50. The van der Waals surface area contributed by atoms with Crippen LogP contribution in [0, 0.1) is 0 Å². The van der Waals surface area contributed by atoms with Crippen molar-refractivity contribution in [2.24, 2.45) is 5.73 Å². The summed E-state index contributed by atoms with van der Waals surface area (Å²) in [6.07, 6.45) is 7.29. The van der Waals surface area contributed by atoms with Crippen LogP contribution < -0.4 is 5.73 Å². The van der Waals surface area contributed by atoms with Crippen molar-refractivity contribution in [2.75, 3.05) is 20.1 Å². The first-order chi connectivity index (χ1) is 7.31. The van der Waals surface area contributed by atoms with Gasteiger partial charge in [0.25, 0.3) is 0 Å². The summed E-state index contributed by atoms with van der Waals surface area (Å²) in [5, 5.41) is 4.25. The Morgan fingerprint density at radius 2 is 2.33 bits per heavy atom. The SMILES string of the molecule is CN(CCN)Cc1cnn2ccncc12. The van der Waals surface area contributed by atoms with Gasteiger partial charge >= 0.3 is 0 Å². The van der Waals surface area contributed by atoms with E-state index in [1.54, 1.807) is 6.20 Å². The fourth-order valence-electron chi connectivity index (χ4n) is 1.60. The van der Waals surface area contributed by atoms with Gasteiger partial charge in [0, 0.05) is 37.6 Å². The van der Waals surface area contributed by atoms with Crippen molar-refractivity contribution >= 4 is 5.52 Å². The monoisotopic (exact) mass is 205 g/mol. The van der Waals surface area contributed by atoms with E-state index in [0.717, 1.165) is 18.6 Å². The highest BCUT2D eigenvalue weighted by Gasteiger charge is 2.05. The van der Waals surface area contributed by atoms with Crippen LogP contribution in [0.3, 0.4) is 0 Å². The van der Waals surface area contributed by atoms with E-state index >= 15 is 0 Å². The van der Waals surface area contributed by atoms with Crippen LogP contribution in [0.15, 0.2) is 24.8 Å². The Kier molecular flexibility index (Phi) is 2.94. The number of nitrogens with zero attached hydrogens (tertiary/aromatic N) is 4. The van der Waals surface area contributed by atoms with Gasteiger partial charge in [-0.25, -0.2) is 4.52 Å². The van der Waals surface area contributed by atoms with E-state index in [9.17, 15) is 0 Å². The van der Waals surface area contributed by atoms with E-state index in [1.807, 2.05) is 30.2 Å². The molecule has 0 spiro atoms. The van der Waals surface area contributed by atoms with Crippen molar-refractivity contribution in [1.29, 1.82) is 0 Å². The van der Waals surface area contributed by atoms with E-state index in [1.165, 1.54) is 5.56 Å². The molecular formula is C10H15N5. The number of fused-ring (bicyclic) bond motifs is 1. The molecule has 80 valence electrons. The van der Waals surface area contributed by atoms with Gasteiger partial charge in [0.15, 0.2) is 0 Å². The Morgan fingerprint density at radius 1 is 1.47 bits per heavy atom. The van der Waals surface area contributed by atoms with Gasteiger partial charge in [-0.2, -0.15) is 5.10 Å². The Labute approximate surface area is 88.5 Å². The van der Waals surface area contributed by atoms with E-state index in [2.05, 4.69) is 15.0 Å². The van der Waals surface area contributed by atoms with Crippen molar-refractivity contribution in [3.05, 3.63) is 30.4 Å². The largest absolute Gasteiger partial charge is 0.329 e. The molecule has 0 aliphatic heterocycles. The lowest BCUT2D eigenvalue weighted by atomic mass is 10.3. The molecule has 0 aliphatic carbocycles. The Bertz CT molecular complexity index is 436. The quantitative estimate of drug-likeness (QED) is 0.770. The molecule has 15 heavy (non-hydrogen) atoms. The lowest BCUT2D eigenvalue weighted by Gasteiger charge is -2.13. The molecule has 0 bridgehead atoms. The van der Waals surface area contributed by atoms with E-state index in [-0.39, 0.29) is 0 Å². The number of aromatic nitrogens is 3. The summed E-state index contributed by atoms with van der Waals surface area (Å²) in [7, 11) is 2.05. The molecule has 2 aromatic rings. The van der Waals surface area contributed by atoms with Gasteiger partial charge in [-0.3, -0.25) is 4.98 Å². The van der Waals surface area contributed by atoms with E-state index in [4.69, 9.17) is 5.73 Å². The van der Waals surface area contributed by atoms with Crippen LogP contribution in [-0.4, -0.2) is 39.6 Å². The van der Waals surface area contributed by atoms with Crippen LogP contribution in [0.4, 0.5) is 0 Å². The first-order valence-electron chi connectivity index (χ1n) is 4.96. The number of likely N-dealkylation sites (N-methyl/N-ethyl adjacent to an activating group) is 1. The van der Waals surface area contributed by atoms with Crippen LogP contribution in [-0.2, 0) is 6.54 Å². The van der Waals surface area contributed by atoms with Gasteiger partial charge in [-0.05, 0) is 7.05 Å². The molecule has 5 nitrogen and oxygen atoms in total. The minimum atomic E-state index is 0.675. The minimum Gasteiger partial charge on any atom is -0.329 e. The highest BCUT2D eigenvalue weighted by molar-refractivity contribution is 5.51. The second kappa shape index (κ2) is 4.37. The second-order valence-electron chi connectivity index (χ2n) is 3.60. The third-order valence-electron chi connectivity index (χ3n) is 2.36. The molecule has 5 heteroatoms. The van der Waals surface area contributed by atoms with Crippen LogP contribution >= 0.6 is 0 Å². The summed E-state index contributed by atoms with van der Waals surface area (Å²) < 4.78 is 1.83. The number of hydrogen-bond acceptors (Lipinski definition) is 4. The summed E-state index contributed by atoms with van der Waals surface area (Å²) in [6, 6.07) is 0. The standard InChI is InChI=1S/C10H15N5/c1-14(4-2-11)8-9-6-13-15-5-3-12-7-10(9)15/h3,5-7H,2,4,8,11H2,1H3. The Hall–Kier alpha value is -1.46. The molecule has 2 rings (SSSR count). The van der Waals surface area contributed by atoms with Gasteiger partial charge in [0.2, 0.25) is 0 Å². The predicted octanol–water partition coefficient (Wildman–Crippen LogP) is 0.120. The first-order valence-corrected chi connectivity index (χ1v) is 4.96. The summed E-state index contributed by atoms with van der Waals surface area (Å²) in [6.45, 7) is 2.41. The molecule has 0 radical (unpaired) electrons. The van der Waals surface area contributed by atoms with Crippen LogP contribution in [0.5, 0.6) is 0 Å². The van der Waals surface area contributed by atoms with Gasteiger partial charge in [-0.1, -0.05) is 0 Å². The molecule has 0 saturated carbocycles. The normalized spacial score (nSPS) is 11.4. The Morgan fingerprint density at radius 3 is 3.13 bits per heavy atom. The summed E-state index contributed by atoms with van der Waals surface area (Å²) in [5.74, 6) is 0. The summed E-state index contributed by atoms with van der Waals surface area (Å²) in [5.41, 5.74) is 7.73. The maximum atomic E-state index is 5.50. The molecule has 2 aromatic heterocycles. The van der Waals surface area contributed by atoms with E-state index in [0.29, 0.717) is 6.54 Å². The van der Waals surface area contributed by atoms with Crippen LogP contribution in [0.1, 0.15) is 5.56 Å². The van der Waals surface area contributed by atoms with Crippen molar-refractivity contribution in [1.82, 2.24) is 19.5 Å². The minimum absolute atomic E-state index is 0.675. The molecule has 0 unspecified atom stereocenters. The highest BCUT2D eigenvalue weighted by atomic mass is 15.2. The van der Waals surface area contributed by atoms with Gasteiger partial charge < -0.3 is 10.6 Å². The smallest absolute Gasteiger partial charge is 0.0889 e. The van der Waals surface area contributed by atoms with Crippen molar-refractivity contribution in [3.63, 3.8) is 0 Å². The zero-order valence-electron chi connectivity index (χ0n) is 8.80. The maximum Gasteiger partial charge on any atom is 0.0889 e. The number of rotatable bonds is 4. The average Bonchev–Trinajstić information content (AvgIpc) is 2.62. The fourth-order valence-corrected chi connectivity index (χ4v) is 1.60. The Balaban J connectivity index is 2.21. The summed E-state index contributed by atoms with van der Waals surface area (Å²) >= 11 is 0. The fraction of sp³-hybridized carbons (Fsp3) is 0.400. The zero-order chi connectivity index (χ0) is 10.7. The van der Waals surface area contributed by atoms with Gasteiger partial charge in [0.05, 0.1) is 17.9 Å². The summed E-state index contributed by atoms with van der Waals surface area (Å²) in [4.78, 5) is 6.27. The molecule has 0 aliphatic rings. The lowest BCUT2D eigenvalue weighted by molar-refractivity contribution is 0.337. The third kappa shape index (κ3) is 2.14. The molecule has 0 saturated heterocycles. The lowest BCUT2D eigenvalue weighted by Crippen LogP contribution is -2.24. The topological polar surface area (TPSA) is 59.5 Å². The second-order valence-corrected chi connectivity index (χ2v) is 3.60. The van der Waals surface area contributed by atoms with Crippen LogP contribution in [0.25, 0.3) is 5.52 Å². The molecule has 0 fully saturated rings. The van der Waals surface area contributed by atoms with Crippen LogP contribution in [0.2, 0.25) is 0 Å². The van der Waals surface area contributed by atoms with Gasteiger partial charge in [0.1, 0.15) is 0 Å². The van der Waals surface area contributed by atoms with E-state index < -0.39 is 0 Å². The first kappa shape index (κ1) is 10.1. The molecule has 0 aromatic carbocycles. The molecule has 0 atom stereocenters. The highest BCUT2D eigenvalue weighted by Crippen LogP contribution is 2.10. The third-order valence-corrected chi connectivity index (χ3v) is 2.36. The molecule has 2 N–H and O–H groups in total. The average molecular weight is 205 g/mol. The zero-order valence-corrected chi connectivity index (χ0v) is 8.80. The van der Waals surface area contributed by atoms with Gasteiger partial charge in [-0.15, -0.1) is 0 Å². The van der Waals surface area contributed by atoms with Crippen molar-refractivity contribution in [3.8, 4) is 0 Å². The molecule has 2 heterocycles. The molecule has 0 amide bonds. The predicted molar refractivity (Wildman–Crippen MR) is 58.4 cm³/mol. The van der Waals surface area contributed by atoms with Crippen molar-refractivity contribution < 1.29 is 0 Å². The molecular weight excluding hydrogens is 190 g/mol.